The van der Waals surface area contributed by atoms with Crippen LogP contribution in [0.1, 0.15) is 64.4 Å². The summed E-state index contributed by atoms with van der Waals surface area (Å²) in [5.41, 5.74) is 1.12. The molecule has 0 unspecified atom stereocenters. The average Bonchev–Trinajstić information content (AvgIpc) is 2.47. The Labute approximate surface area is 134 Å². The van der Waals surface area contributed by atoms with Crippen LogP contribution in [0, 0.1) is 11.7 Å². The Morgan fingerprint density at radius 2 is 1.95 bits per heavy atom. The summed E-state index contributed by atoms with van der Waals surface area (Å²) in [7, 11) is 0. The number of halogens is 1. The highest BCUT2D eigenvalue weighted by Gasteiger charge is 2.27. The minimum absolute atomic E-state index is 0.0779. The van der Waals surface area contributed by atoms with Crippen molar-refractivity contribution in [3.63, 3.8) is 0 Å². The van der Waals surface area contributed by atoms with Gasteiger partial charge in [-0.15, -0.1) is 0 Å². The Morgan fingerprint density at radius 3 is 2.59 bits per heavy atom. The molecule has 0 bridgehead atoms. The molecule has 0 spiro atoms. The lowest BCUT2D eigenvalue weighted by Gasteiger charge is -2.35. The zero-order chi connectivity index (χ0) is 16.2. The number of hydrogen-bond donors (Lipinski definition) is 2. The first kappa shape index (κ1) is 17.4. The molecular weight excluding hydrogens is 277 g/mol. The van der Waals surface area contributed by atoms with Crippen molar-refractivity contribution in [1.29, 1.82) is 0 Å². The molecular formula is C19H30FNO. The molecule has 124 valence electrons. The number of nitrogens with one attached hydrogen (secondary N) is 1. The fourth-order valence-electron chi connectivity index (χ4n) is 3.50. The molecule has 2 rings (SSSR count). The summed E-state index contributed by atoms with van der Waals surface area (Å²) in [4.78, 5) is 0. The lowest BCUT2D eigenvalue weighted by Crippen LogP contribution is -2.43. The van der Waals surface area contributed by atoms with Gasteiger partial charge in [0.1, 0.15) is 5.82 Å². The zero-order valence-corrected chi connectivity index (χ0v) is 14.1. The Kier molecular flexibility index (Phi) is 5.99. The van der Waals surface area contributed by atoms with Crippen molar-refractivity contribution in [2.45, 2.75) is 70.4 Å². The van der Waals surface area contributed by atoms with Crippen LogP contribution in [0.2, 0.25) is 0 Å². The van der Waals surface area contributed by atoms with Crippen LogP contribution in [-0.2, 0) is 0 Å². The largest absolute Gasteiger partial charge is 0.393 e. The number of aliphatic hydroxyl groups is 1. The minimum Gasteiger partial charge on any atom is -0.393 e. The highest BCUT2D eigenvalue weighted by Crippen LogP contribution is 2.31. The van der Waals surface area contributed by atoms with E-state index < -0.39 is 0 Å². The third kappa shape index (κ3) is 5.36. The number of hydrogen-bond acceptors (Lipinski definition) is 2. The molecule has 0 amide bonds. The maximum absolute atomic E-state index is 13.3. The van der Waals surface area contributed by atoms with Crippen molar-refractivity contribution < 1.29 is 9.50 Å². The summed E-state index contributed by atoms with van der Waals surface area (Å²) >= 11 is 0. The summed E-state index contributed by atoms with van der Waals surface area (Å²) in [6, 6.07) is 6.89. The molecule has 0 aromatic heterocycles. The molecule has 1 aliphatic carbocycles. The second-order valence-electron chi connectivity index (χ2n) is 7.60. The van der Waals surface area contributed by atoms with Crippen molar-refractivity contribution in [3.05, 3.63) is 35.6 Å². The van der Waals surface area contributed by atoms with Crippen LogP contribution in [0.3, 0.4) is 0 Å². The van der Waals surface area contributed by atoms with Gasteiger partial charge in [-0.05, 0) is 75.5 Å². The van der Waals surface area contributed by atoms with Gasteiger partial charge in [-0.25, -0.2) is 4.39 Å². The quantitative estimate of drug-likeness (QED) is 0.824. The van der Waals surface area contributed by atoms with Crippen LogP contribution in [0.15, 0.2) is 24.3 Å². The third-order valence-electron chi connectivity index (χ3n) is 4.92. The molecule has 0 aliphatic heterocycles. The van der Waals surface area contributed by atoms with E-state index in [9.17, 15) is 9.50 Å². The summed E-state index contributed by atoms with van der Waals surface area (Å²) in [6.07, 6.45) is 5.20. The summed E-state index contributed by atoms with van der Waals surface area (Å²) in [6.45, 7) is 7.48. The topological polar surface area (TPSA) is 32.3 Å². The van der Waals surface area contributed by atoms with Gasteiger partial charge in [0, 0.05) is 12.1 Å². The molecule has 2 N–H and O–H groups in total. The Bertz CT molecular complexity index is 466. The SMILES string of the molecule is C[C@@H](CNC(C)(C)CC1CCC(O)CC1)c1cccc(F)c1. The number of rotatable bonds is 6. The monoisotopic (exact) mass is 307 g/mol. The summed E-state index contributed by atoms with van der Waals surface area (Å²) in [5, 5.41) is 13.3. The number of aliphatic hydroxyl groups excluding tert-OH is 1. The second kappa shape index (κ2) is 7.56. The van der Waals surface area contributed by atoms with Gasteiger partial charge in [0.05, 0.1) is 6.10 Å². The molecule has 1 aliphatic rings. The van der Waals surface area contributed by atoms with E-state index >= 15 is 0 Å². The molecule has 2 nitrogen and oxygen atoms in total. The molecule has 3 heteroatoms. The van der Waals surface area contributed by atoms with Crippen molar-refractivity contribution in [2.24, 2.45) is 5.92 Å². The Balaban J connectivity index is 1.81. The molecule has 0 saturated heterocycles. The smallest absolute Gasteiger partial charge is 0.123 e. The van der Waals surface area contributed by atoms with Crippen molar-refractivity contribution in [1.82, 2.24) is 5.32 Å². The van der Waals surface area contributed by atoms with Crippen LogP contribution < -0.4 is 5.32 Å². The molecule has 0 heterocycles. The molecule has 1 saturated carbocycles. The fourth-order valence-corrected chi connectivity index (χ4v) is 3.50. The van der Waals surface area contributed by atoms with Crippen LogP contribution in [0.4, 0.5) is 4.39 Å². The zero-order valence-electron chi connectivity index (χ0n) is 14.1. The predicted molar refractivity (Wildman–Crippen MR) is 89.5 cm³/mol. The minimum atomic E-state index is -0.163. The Hall–Kier alpha value is -0.930. The van der Waals surface area contributed by atoms with Gasteiger partial charge in [-0.3, -0.25) is 0 Å². The normalized spacial score (nSPS) is 24.2. The van der Waals surface area contributed by atoms with E-state index in [1.54, 1.807) is 12.1 Å². The van der Waals surface area contributed by atoms with Crippen LogP contribution >= 0.6 is 0 Å². The van der Waals surface area contributed by atoms with Crippen molar-refractivity contribution >= 4 is 0 Å². The standard InChI is InChI=1S/C19H30FNO/c1-14(16-5-4-6-17(20)11-16)13-21-19(2,3)12-15-7-9-18(22)10-8-15/h4-6,11,14-15,18,21-22H,7-10,12-13H2,1-3H3/t14-,15?,18?/m0/s1. The Morgan fingerprint density at radius 1 is 1.27 bits per heavy atom. The van der Waals surface area contributed by atoms with E-state index in [2.05, 4.69) is 26.1 Å². The number of benzene rings is 1. The first-order chi connectivity index (χ1) is 10.4. The van der Waals surface area contributed by atoms with Gasteiger partial charge in [0.25, 0.3) is 0 Å². The second-order valence-corrected chi connectivity index (χ2v) is 7.60. The molecule has 0 radical (unpaired) electrons. The van der Waals surface area contributed by atoms with Crippen LogP contribution in [0.25, 0.3) is 0 Å². The van der Waals surface area contributed by atoms with E-state index in [-0.39, 0.29) is 17.5 Å². The lowest BCUT2D eigenvalue weighted by molar-refractivity contribution is 0.0979. The molecule has 1 aromatic rings. The fraction of sp³-hybridized carbons (Fsp3) is 0.684. The summed E-state index contributed by atoms with van der Waals surface area (Å²) in [5.74, 6) is 0.836. The van der Waals surface area contributed by atoms with E-state index in [0.717, 1.165) is 44.2 Å². The maximum Gasteiger partial charge on any atom is 0.123 e. The molecule has 22 heavy (non-hydrogen) atoms. The van der Waals surface area contributed by atoms with E-state index in [4.69, 9.17) is 0 Å². The van der Waals surface area contributed by atoms with Crippen LogP contribution in [-0.4, -0.2) is 23.3 Å². The molecule has 1 atom stereocenters. The lowest BCUT2D eigenvalue weighted by atomic mass is 9.79. The summed E-state index contributed by atoms with van der Waals surface area (Å²) < 4.78 is 13.3. The average molecular weight is 307 g/mol. The van der Waals surface area contributed by atoms with E-state index in [1.165, 1.54) is 6.07 Å². The van der Waals surface area contributed by atoms with Gasteiger partial charge in [-0.2, -0.15) is 0 Å². The van der Waals surface area contributed by atoms with Crippen molar-refractivity contribution in [3.8, 4) is 0 Å². The predicted octanol–water partition coefficient (Wildman–Crippen LogP) is 4.24. The van der Waals surface area contributed by atoms with Gasteiger partial charge in [0.15, 0.2) is 0 Å². The van der Waals surface area contributed by atoms with Crippen LogP contribution in [0.5, 0.6) is 0 Å². The highest BCUT2D eigenvalue weighted by atomic mass is 19.1. The van der Waals surface area contributed by atoms with E-state index in [1.807, 2.05) is 6.07 Å². The first-order valence-electron chi connectivity index (χ1n) is 8.54. The van der Waals surface area contributed by atoms with Gasteiger partial charge in [-0.1, -0.05) is 19.1 Å². The first-order valence-corrected chi connectivity index (χ1v) is 8.54. The van der Waals surface area contributed by atoms with E-state index in [0.29, 0.717) is 11.8 Å². The molecule has 1 aromatic carbocycles. The highest BCUT2D eigenvalue weighted by molar-refractivity contribution is 5.20. The molecule has 1 fully saturated rings. The van der Waals surface area contributed by atoms with Gasteiger partial charge < -0.3 is 10.4 Å². The van der Waals surface area contributed by atoms with Crippen molar-refractivity contribution in [2.75, 3.05) is 6.54 Å². The third-order valence-corrected chi connectivity index (χ3v) is 4.92. The van der Waals surface area contributed by atoms with Gasteiger partial charge in [0.2, 0.25) is 0 Å². The maximum atomic E-state index is 13.3. The van der Waals surface area contributed by atoms with Gasteiger partial charge >= 0.3 is 0 Å².